The minimum absolute atomic E-state index is 0.0451. The summed E-state index contributed by atoms with van der Waals surface area (Å²) >= 11 is 0. The van der Waals surface area contributed by atoms with Crippen molar-refractivity contribution < 1.29 is 29.0 Å². The topological polar surface area (TPSA) is 141 Å². The molecular weight excluding hydrogens is 500 g/mol. The molecule has 1 fully saturated rings. The van der Waals surface area contributed by atoms with E-state index in [0.717, 1.165) is 42.1 Å². The van der Waals surface area contributed by atoms with E-state index in [1.165, 1.54) is 4.90 Å². The molecule has 0 radical (unpaired) electrons. The SMILES string of the molecule is CC(C)C[C@H](NC(=O)N(CC(=O)OC(C)(C)C)C1CCCC1)C(=O)N[C@H](Cc1c[nH]c2ccccc12)C(=O)O. The quantitative estimate of drug-likeness (QED) is 0.317. The van der Waals surface area contributed by atoms with Crippen molar-refractivity contribution in [3.05, 3.63) is 36.0 Å². The number of nitrogens with one attached hydrogen (secondary N) is 3. The van der Waals surface area contributed by atoms with Crippen LogP contribution in [0.1, 0.15) is 72.3 Å². The van der Waals surface area contributed by atoms with Gasteiger partial charge in [-0.15, -0.1) is 0 Å². The number of para-hydroxylation sites is 1. The van der Waals surface area contributed by atoms with Gasteiger partial charge in [-0.05, 0) is 57.6 Å². The van der Waals surface area contributed by atoms with Crippen LogP contribution >= 0.6 is 0 Å². The molecule has 1 aromatic carbocycles. The summed E-state index contributed by atoms with van der Waals surface area (Å²) in [5.41, 5.74) is 0.962. The van der Waals surface area contributed by atoms with E-state index in [1.807, 2.05) is 38.1 Å². The summed E-state index contributed by atoms with van der Waals surface area (Å²) in [6, 6.07) is 4.73. The van der Waals surface area contributed by atoms with Crippen molar-refractivity contribution >= 4 is 34.8 Å². The number of carbonyl (C=O) groups excluding carboxylic acids is 3. The number of hydrogen-bond acceptors (Lipinski definition) is 5. The summed E-state index contributed by atoms with van der Waals surface area (Å²) < 4.78 is 5.45. The summed E-state index contributed by atoms with van der Waals surface area (Å²) in [7, 11) is 0. The largest absolute Gasteiger partial charge is 0.480 e. The summed E-state index contributed by atoms with van der Waals surface area (Å²) in [5, 5.41) is 16.2. The standard InChI is InChI=1S/C29H42N4O6/c1-18(2)14-23(32-28(38)33(20-10-6-7-11-20)17-25(34)39-29(3,4)5)26(35)31-24(27(36)37)15-19-16-30-22-13-9-8-12-21(19)22/h8-9,12-13,16,18,20,23-24,30H,6-7,10-11,14-15,17H2,1-5H3,(H,31,35)(H,32,38)(H,36,37)/t23-,24+/m0/s1. The van der Waals surface area contributed by atoms with Crippen LogP contribution in [0.3, 0.4) is 0 Å². The molecule has 214 valence electrons. The van der Waals surface area contributed by atoms with E-state index in [2.05, 4.69) is 15.6 Å². The molecule has 1 aromatic heterocycles. The van der Waals surface area contributed by atoms with E-state index in [4.69, 9.17) is 4.74 Å². The Hall–Kier alpha value is -3.56. The van der Waals surface area contributed by atoms with Crippen molar-refractivity contribution in [2.45, 2.75) is 96.9 Å². The Kier molecular flexibility index (Phi) is 9.99. The number of carboxylic acids is 1. The van der Waals surface area contributed by atoms with Crippen molar-refractivity contribution in [2.75, 3.05) is 6.54 Å². The lowest BCUT2D eigenvalue weighted by atomic mass is 10.0. The van der Waals surface area contributed by atoms with Crippen LogP contribution in [-0.4, -0.2) is 69.1 Å². The van der Waals surface area contributed by atoms with Gasteiger partial charge in [-0.2, -0.15) is 0 Å². The molecule has 0 bridgehead atoms. The summed E-state index contributed by atoms with van der Waals surface area (Å²) in [6.07, 6.45) is 5.57. The number of benzene rings is 1. The van der Waals surface area contributed by atoms with E-state index >= 15 is 0 Å². The van der Waals surface area contributed by atoms with Crippen LogP contribution < -0.4 is 10.6 Å². The smallest absolute Gasteiger partial charge is 0.326 e. The first-order chi connectivity index (χ1) is 18.3. The number of ether oxygens (including phenoxy) is 1. The normalized spacial score (nSPS) is 15.6. The first-order valence-corrected chi connectivity index (χ1v) is 13.7. The van der Waals surface area contributed by atoms with Crippen LogP contribution in [-0.2, 0) is 25.5 Å². The molecule has 0 aliphatic heterocycles. The summed E-state index contributed by atoms with van der Waals surface area (Å²) in [5.74, 6) is -2.21. The van der Waals surface area contributed by atoms with Crippen LogP contribution in [0.4, 0.5) is 4.79 Å². The molecule has 3 rings (SSSR count). The summed E-state index contributed by atoms with van der Waals surface area (Å²) in [4.78, 5) is 56.1. The average molecular weight is 543 g/mol. The fourth-order valence-electron chi connectivity index (χ4n) is 5.02. The zero-order valence-corrected chi connectivity index (χ0v) is 23.6. The van der Waals surface area contributed by atoms with Gasteiger partial charge in [0.1, 0.15) is 24.2 Å². The highest BCUT2D eigenvalue weighted by atomic mass is 16.6. The second-order valence-corrected chi connectivity index (χ2v) is 11.7. The van der Waals surface area contributed by atoms with E-state index in [-0.39, 0.29) is 24.9 Å². The maximum atomic E-state index is 13.5. The van der Waals surface area contributed by atoms with Gasteiger partial charge >= 0.3 is 18.0 Å². The number of hydrogen-bond donors (Lipinski definition) is 4. The van der Waals surface area contributed by atoms with Gasteiger partial charge in [0.2, 0.25) is 5.91 Å². The first-order valence-electron chi connectivity index (χ1n) is 13.7. The lowest BCUT2D eigenvalue weighted by Crippen LogP contribution is -2.57. The molecule has 0 unspecified atom stereocenters. The molecule has 4 N–H and O–H groups in total. The molecule has 10 heteroatoms. The minimum Gasteiger partial charge on any atom is -0.480 e. The first kappa shape index (κ1) is 30.0. The number of aliphatic carboxylic acids is 1. The van der Waals surface area contributed by atoms with Crippen molar-refractivity contribution in [3.8, 4) is 0 Å². The van der Waals surface area contributed by atoms with Gasteiger partial charge in [-0.1, -0.05) is 44.9 Å². The maximum absolute atomic E-state index is 13.5. The molecule has 1 aliphatic rings. The fraction of sp³-hybridized carbons (Fsp3) is 0.586. The number of rotatable bonds is 11. The summed E-state index contributed by atoms with van der Waals surface area (Å²) in [6.45, 7) is 8.92. The number of carboxylic acid groups (broad SMARTS) is 1. The molecule has 2 atom stereocenters. The third-order valence-corrected chi connectivity index (χ3v) is 6.78. The fourth-order valence-corrected chi connectivity index (χ4v) is 5.02. The molecule has 1 aliphatic carbocycles. The van der Waals surface area contributed by atoms with E-state index in [9.17, 15) is 24.3 Å². The second kappa shape index (κ2) is 13.0. The highest BCUT2D eigenvalue weighted by molar-refractivity contribution is 5.91. The zero-order chi connectivity index (χ0) is 28.7. The Balaban J connectivity index is 1.74. The van der Waals surface area contributed by atoms with Gasteiger partial charge in [-0.25, -0.2) is 9.59 Å². The van der Waals surface area contributed by atoms with Crippen molar-refractivity contribution in [1.82, 2.24) is 20.5 Å². The van der Waals surface area contributed by atoms with Gasteiger partial charge in [0, 0.05) is 29.6 Å². The molecule has 10 nitrogen and oxygen atoms in total. The zero-order valence-electron chi connectivity index (χ0n) is 23.6. The Bertz CT molecular complexity index is 1160. The Morgan fingerprint density at radius 3 is 2.36 bits per heavy atom. The molecule has 0 spiro atoms. The Labute approximate surface area is 229 Å². The number of fused-ring (bicyclic) bond motifs is 1. The molecule has 0 saturated heterocycles. The lowest BCUT2D eigenvalue weighted by Gasteiger charge is -2.32. The Morgan fingerprint density at radius 2 is 1.74 bits per heavy atom. The van der Waals surface area contributed by atoms with Crippen LogP contribution in [0.2, 0.25) is 0 Å². The van der Waals surface area contributed by atoms with Crippen LogP contribution in [0.25, 0.3) is 10.9 Å². The number of amides is 3. The molecule has 1 saturated carbocycles. The minimum atomic E-state index is -1.18. The molecule has 3 amide bonds. The maximum Gasteiger partial charge on any atom is 0.326 e. The van der Waals surface area contributed by atoms with Crippen LogP contribution in [0, 0.1) is 5.92 Å². The van der Waals surface area contributed by atoms with Gasteiger partial charge in [-0.3, -0.25) is 9.59 Å². The van der Waals surface area contributed by atoms with Crippen LogP contribution in [0.5, 0.6) is 0 Å². The van der Waals surface area contributed by atoms with Crippen LogP contribution in [0.15, 0.2) is 30.5 Å². The molecular formula is C29H42N4O6. The molecule has 1 heterocycles. The molecule has 39 heavy (non-hydrogen) atoms. The molecule has 2 aromatic rings. The third kappa shape index (κ3) is 8.73. The van der Waals surface area contributed by atoms with Gasteiger partial charge in [0.05, 0.1) is 0 Å². The number of H-pyrrole nitrogens is 1. The average Bonchev–Trinajstić information content (AvgIpc) is 3.50. The van der Waals surface area contributed by atoms with E-state index < -0.39 is 41.6 Å². The predicted molar refractivity (Wildman–Crippen MR) is 148 cm³/mol. The highest BCUT2D eigenvalue weighted by Crippen LogP contribution is 2.24. The van der Waals surface area contributed by atoms with Gasteiger partial charge in [0.25, 0.3) is 0 Å². The van der Waals surface area contributed by atoms with E-state index in [1.54, 1.807) is 27.0 Å². The van der Waals surface area contributed by atoms with Crippen molar-refractivity contribution in [1.29, 1.82) is 0 Å². The predicted octanol–water partition coefficient (Wildman–Crippen LogP) is 3.99. The van der Waals surface area contributed by atoms with Crippen molar-refractivity contribution in [3.63, 3.8) is 0 Å². The van der Waals surface area contributed by atoms with Crippen molar-refractivity contribution in [2.24, 2.45) is 5.92 Å². The Morgan fingerprint density at radius 1 is 1.08 bits per heavy atom. The lowest BCUT2D eigenvalue weighted by molar-refractivity contribution is -0.156. The number of aromatic nitrogens is 1. The van der Waals surface area contributed by atoms with Gasteiger partial charge in [0.15, 0.2) is 0 Å². The number of nitrogens with zero attached hydrogens (tertiary/aromatic N) is 1. The number of urea groups is 1. The second-order valence-electron chi connectivity index (χ2n) is 11.7. The van der Waals surface area contributed by atoms with Gasteiger partial charge < -0.3 is 30.4 Å². The monoisotopic (exact) mass is 542 g/mol. The van der Waals surface area contributed by atoms with E-state index in [0.29, 0.717) is 6.42 Å². The third-order valence-electron chi connectivity index (χ3n) is 6.78. The number of esters is 1. The number of carbonyl (C=O) groups is 4. The number of aromatic amines is 1. The highest BCUT2D eigenvalue weighted by Gasteiger charge is 2.34.